The van der Waals surface area contributed by atoms with E-state index in [2.05, 4.69) is 12.2 Å². The second-order valence-corrected chi connectivity index (χ2v) is 4.94. The van der Waals surface area contributed by atoms with Crippen LogP contribution in [0.15, 0.2) is 48.5 Å². The van der Waals surface area contributed by atoms with Crippen molar-refractivity contribution in [2.24, 2.45) is 0 Å². The molecule has 0 atom stereocenters. The third-order valence-electron chi connectivity index (χ3n) is 3.51. The Bertz CT molecular complexity index is 708. The molecule has 0 fully saturated rings. The van der Waals surface area contributed by atoms with Gasteiger partial charge in [-0.1, -0.05) is 25.1 Å². The van der Waals surface area contributed by atoms with Gasteiger partial charge in [-0.2, -0.15) is 0 Å². The van der Waals surface area contributed by atoms with Crippen LogP contribution in [-0.4, -0.2) is 20.1 Å². The smallest absolute Gasteiger partial charge is 0.248 e. The van der Waals surface area contributed by atoms with E-state index in [9.17, 15) is 4.79 Å². The van der Waals surface area contributed by atoms with Gasteiger partial charge in [0.2, 0.25) is 5.91 Å². The standard InChI is InChI=1S/C19H21NO3/c1-4-14-7-5-6-8-17(14)20-19(21)12-10-15-9-11-16(22-2)13-18(15)23-3/h5-13H,4H2,1-3H3,(H,20,21). The lowest BCUT2D eigenvalue weighted by Crippen LogP contribution is -2.09. The van der Waals surface area contributed by atoms with Crippen molar-refractivity contribution in [3.63, 3.8) is 0 Å². The molecule has 0 unspecified atom stereocenters. The Kier molecular flexibility index (Phi) is 5.80. The molecule has 2 rings (SSSR count). The van der Waals surface area contributed by atoms with Gasteiger partial charge < -0.3 is 14.8 Å². The lowest BCUT2D eigenvalue weighted by Gasteiger charge is -2.08. The van der Waals surface area contributed by atoms with E-state index in [1.807, 2.05) is 36.4 Å². The first kappa shape index (κ1) is 16.6. The van der Waals surface area contributed by atoms with Gasteiger partial charge in [0.15, 0.2) is 0 Å². The number of benzene rings is 2. The molecule has 0 saturated heterocycles. The van der Waals surface area contributed by atoms with Crippen molar-refractivity contribution in [1.29, 1.82) is 0 Å². The zero-order valence-corrected chi connectivity index (χ0v) is 13.6. The molecule has 0 spiro atoms. The number of carbonyl (C=O) groups excluding carboxylic acids is 1. The normalized spacial score (nSPS) is 10.6. The summed E-state index contributed by atoms with van der Waals surface area (Å²) in [6.07, 6.45) is 4.09. The van der Waals surface area contributed by atoms with Crippen molar-refractivity contribution in [2.45, 2.75) is 13.3 Å². The van der Waals surface area contributed by atoms with Gasteiger partial charge in [0.05, 0.1) is 14.2 Å². The average molecular weight is 311 g/mol. The van der Waals surface area contributed by atoms with Gasteiger partial charge >= 0.3 is 0 Å². The number of aryl methyl sites for hydroxylation is 1. The van der Waals surface area contributed by atoms with Crippen LogP contribution in [0.3, 0.4) is 0 Å². The van der Waals surface area contributed by atoms with E-state index >= 15 is 0 Å². The lowest BCUT2D eigenvalue weighted by molar-refractivity contribution is -0.111. The van der Waals surface area contributed by atoms with Gasteiger partial charge in [0.1, 0.15) is 11.5 Å². The zero-order chi connectivity index (χ0) is 16.7. The summed E-state index contributed by atoms with van der Waals surface area (Å²) in [5.41, 5.74) is 2.76. The number of ether oxygens (including phenoxy) is 2. The number of carbonyl (C=O) groups is 1. The van der Waals surface area contributed by atoms with Crippen LogP contribution in [0.1, 0.15) is 18.1 Å². The maximum atomic E-state index is 12.1. The summed E-state index contributed by atoms with van der Waals surface area (Å²) in [6.45, 7) is 2.06. The molecule has 2 aromatic rings. The fraction of sp³-hybridized carbons (Fsp3) is 0.211. The van der Waals surface area contributed by atoms with Gasteiger partial charge in [-0.15, -0.1) is 0 Å². The minimum atomic E-state index is -0.177. The molecule has 4 nitrogen and oxygen atoms in total. The highest BCUT2D eigenvalue weighted by atomic mass is 16.5. The Morgan fingerprint density at radius 3 is 2.61 bits per heavy atom. The minimum Gasteiger partial charge on any atom is -0.497 e. The SMILES string of the molecule is CCc1ccccc1NC(=O)C=Cc1ccc(OC)cc1OC. The summed E-state index contributed by atoms with van der Waals surface area (Å²) in [6, 6.07) is 13.2. The lowest BCUT2D eigenvalue weighted by atomic mass is 10.1. The number of methoxy groups -OCH3 is 2. The van der Waals surface area contributed by atoms with Crippen molar-refractivity contribution in [1.82, 2.24) is 0 Å². The number of hydrogen-bond acceptors (Lipinski definition) is 3. The van der Waals surface area contributed by atoms with Crippen molar-refractivity contribution in [2.75, 3.05) is 19.5 Å². The van der Waals surface area contributed by atoms with Gasteiger partial charge in [-0.05, 0) is 36.3 Å². The van der Waals surface area contributed by atoms with Crippen LogP contribution >= 0.6 is 0 Å². The second-order valence-electron chi connectivity index (χ2n) is 4.94. The Morgan fingerprint density at radius 2 is 1.91 bits per heavy atom. The van der Waals surface area contributed by atoms with Crippen molar-refractivity contribution in [3.05, 3.63) is 59.7 Å². The van der Waals surface area contributed by atoms with E-state index in [1.165, 1.54) is 6.08 Å². The van der Waals surface area contributed by atoms with E-state index in [4.69, 9.17) is 9.47 Å². The van der Waals surface area contributed by atoms with E-state index in [1.54, 1.807) is 26.4 Å². The molecule has 0 aliphatic carbocycles. The number of nitrogens with one attached hydrogen (secondary N) is 1. The topological polar surface area (TPSA) is 47.6 Å². The third-order valence-corrected chi connectivity index (χ3v) is 3.51. The van der Waals surface area contributed by atoms with Crippen LogP contribution in [0.4, 0.5) is 5.69 Å². The molecule has 120 valence electrons. The first-order valence-electron chi connectivity index (χ1n) is 7.47. The third kappa shape index (κ3) is 4.36. The molecule has 1 N–H and O–H groups in total. The molecule has 0 saturated carbocycles. The Labute approximate surface area is 136 Å². The number of rotatable bonds is 6. The highest BCUT2D eigenvalue weighted by Gasteiger charge is 2.05. The Hall–Kier alpha value is -2.75. The first-order valence-corrected chi connectivity index (χ1v) is 7.47. The maximum absolute atomic E-state index is 12.1. The summed E-state index contributed by atoms with van der Waals surface area (Å²) in [5, 5.41) is 2.90. The van der Waals surface area contributed by atoms with E-state index < -0.39 is 0 Å². The van der Waals surface area contributed by atoms with Crippen molar-refractivity contribution >= 4 is 17.7 Å². The summed E-state index contributed by atoms with van der Waals surface area (Å²) < 4.78 is 10.5. The fourth-order valence-electron chi connectivity index (χ4n) is 2.25. The maximum Gasteiger partial charge on any atom is 0.248 e. The number of amides is 1. The predicted octanol–water partition coefficient (Wildman–Crippen LogP) is 3.92. The molecule has 4 heteroatoms. The van der Waals surface area contributed by atoms with Crippen LogP contribution in [0.5, 0.6) is 11.5 Å². The molecule has 2 aromatic carbocycles. The van der Waals surface area contributed by atoms with E-state index in [0.29, 0.717) is 11.5 Å². The Balaban J connectivity index is 2.12. The molecule has 23 heavy (non-hydrogen) atoms. The summed E-state index contributed by atoms with van der Waals surface area (Å²) in [5.74, 6) is 1.19. The van der Waals surface area contributed by atoms with Crippen LogP contribution < -0.4 is 14.8 Å². The molecule has 0 heterocycles. The molecule has 0 aliphatic heterocycles. The van der Waals surface area contributed by atoms with E-state index in [0.717, 1.165) is 23.2 Å². The molecular weight excluding hydrogens is 290 g/mol. The van der Waals surface area contributed by atoms with Crippen LogP contribution in [0.25, 0.3) is 6.08 Å². The first-order chi connectivity index (χ1) is 11.2. The van der Waals surface area contributed by atoms with Crippen LogP contribution in [0.2, 0.25) is 0 Å². The van der Waals surface area contributed by atoms with Crippen molar-refractivity contribution < 1.29 is 14.3 Å². The molecular formula is C19H21NO3. The molecule has 0 bridgehead atoms. The average Bonchev–Trinajstić information content (AvgIpc) is 2.60. The summed E-state index contributed by atoms with van der Waals surface area (Å²) in [7, 11) is 3.19. The highest BCUT2D eigenvalue weighted by molar-refractivity contribution is 6.02. The van der Waals surface area contributed by atoms with Gasteiger partial charge in [-0.3, -0.25) is 4.79 Å². The van der Waals surface area contributed by atoms with Gasteiger partial charge in [-0.25, -0.2) is 0 Å². The number of para-hydroxylation sites is 1. The van der Waals surface area contributed by atoms with Gasteiger partial charge in [0.25, 0.3) is 0 Å². The largest absolute Gasteiger partial charge is 0.497 e. The van der Waals surface area contributed by atoms with Crippen molar-refractivity contribution in [3.8, 4) is 11.5 Å². The predicted molar refractivity (Wildman–Crippen MR) is 93.0 cm³/mol. The Morgan fingerprint density at radius 1 is 1.13 bits per heavy atom. The zero-order valence-electron chi connectivity index (χ0n) is 13.6. The monoisotopic (exact) mass is 311 g/mol. The number of hydrogen-bond donors (Lipinski definition) is 1. The van der Waals surface area contributed by atoms with Crippen LogP contribution in [0, 0.1) is 0 Å². The molecule has 0 aromatic heterocycles. The van der Waals surface area contributed by atoms with Crippen LogP contribution in [-0.2, 0) is 11.2 Å². The fourth-order valence-corrected chi connectivity index (χ4v) is 2.25. The molecule has 0 aliphatic rings. The summed E-state index contributed by atoms with van der Waals surface area (Å²) >= 11 is 0. The highest BCUT2D eigenvalue weighted by Crippen LogP contribution is 2.25. The number of anilines is 1. The summed E-state index contributed by atoms with van der Waals surface area (Å²) in [4.78, 5) is 12.1. The minimum absolute atomic E-state index is 0.177. The van der Waals surface area contributed by atoms with Gasteiger partial charge in [0, 0.05) is 23.4 Å². The molecule has 0 radical (unpaired) electrons. The van der Waals surface area contributed by atoms with E-state index in [-0.39, 0.29) is 5.91 Å². The quantitative estimate of drug-likeness (QED) is 0.823. The second kappa shape index (κ2) is 8.03. The molecule has 1 amide bonds.